The minimum atomic E-state index is -0.272. The summed E-state index contributed by atoms with van der Waals surface area (Å²) in [6, 6.07) is 14.9. The van der Waals surface area contributed by atoms with E-state index in [2.05, 4.69) is 27.3 Å². The molecule has 0 unspecified atom stereocenters. The molecule has 1 atom stereocenters. The molecule has 0 bridgehead atoms. The molecule has 2 aromatic heterocycles. The van der Waals surface area contributed by atoms with Gasteiger partial charge in [-0.2, -0.15) is 0 Å². The molecule has 1 aliphatic heterocycles. The fraction of sp³-hybridized carbons (Fsp3) is 0.250. The van der Waals surface area contributed by atoms with E-state index in [1.54, 1.807) is 25.4 Å². The lowest BCUT2D eigenvalue weighted by molar-refractivity contribution is -0.126. The summed E-state index contributed by atoms with van der Waals surface area (Å²) in [5.41, 5.74) is 3.59. The molecule has 0 saturated carbocycles. The van der Waals surface area contributed by atoms with Crippen LogP contribution in [0, 0.1) is 0 Å². The average molecular weight is 348 g/mol. The minimum Gasteiger partial charge on any atom is -0.358 e. The quantitative estimate of drug-likeness (QED) is 0.776. The zero-order valence-electron chi connectivity index (χ0n) is 14.6. The summed E-state index contributed by atoms with van der Waals surface area (Å²) in [4.78, 5) is 31.4. The van der Waals surface area contributed by atoms with Crippen molar-refractivity contribution in [2.75, 3.05) is 7.05 Å². The van der Waals surface area contributed by atoms with E-state index >= 15 is 0 Å². The normalized spacial score (nSPS) is 17.0. The van der Waals surface area contributed by atoms with Crippen molar-refractivity contribution in [1.82, 2.24) is 19.6 Å². The molecular weight excluding hydrogens is 328 g/mol. The topological polar surface area (TPSA) is 66.7 Å². The van der Waals surface area contributed by atoms with Crippen LogP contribution in [0.3, 0.4) is 0 Å². The highest BCUT2D eigenvalue weighted by atomic mass is 16.2. The van der Waals surface area contributed by atoms with E-state index in [0.717, 1.165) is 0 Å². The van der Waals surface area contributed by atoms with Gasteiger partial charge in [-0.15, -0.1) is 0 Å². The Morgan fingerprint density at radius 2 is 1.96 bits per heavy atom. The first kappa shape index (κ1) is 16.5. The second kappa shape index (κ2) is 6.72. The first-order valence-corrected chi connectivity index (χ1v) is 8.65. The van der Waals surface area contributed by atoms with Gasteiger partial charge in [0, 0.05) is 32.4 Å². The summed E-state index contributed by atoms with van der Waals surface area (Å²) < 4.78 is 1.52. The molecule has 0 fully saturated rings. The number of nitrogens with zero attached hydrogens (tertiary/aromatic N) is 3. The molecule has 1 N–H and O–H groups in total. The maximum Gasteiger partial charge on any atom is 0.258 e. The number of rotatable bonds is 3. The van der Waals surface area contributed by atoms with Gasteiger partial charge in [-0.25, -0.2) is 4.98 Å². The lowest BCUT2D eigenvalue weighted by Crippen LogP contribution is -2.49. The first-order valence-electron chi connectivity index (χ1n) is 8.65. The van der Waals surface area contributed by atoms with Gasteiger partial charge in [0.1, 0.15) is 5.65 Å². The number of aromatic nitrogens is 2. The summed E-state index contributed by atoms with van der Waals surface area (Å²) in [7, 11) is 1.65. The Bertz CT molecular complexity index is 1030. The monoisotopic (exact) mass is 348 g/mol. The molecule has 1 aliphatic rings. The molecular formula is C20H20N4O2. The van der Waals surface area contributed by atoms with Crippen molar-refractivity contribution in [2.24, 2.45) is 0 Å². The standard InChI is InChI=1S/C20H20N4O2/c1-21-20(26)17-10-14-6-2-3-7-15(14)12-23(17)13-16-11-19(25)24-9-5-4-8-18(24)22-16/h2-9,11,17H,10,12-13H2,1H3,(H,21,26)/t17-/m1/s1. The van der Waals surface area contributed by atoms with Crippen LogP contribution in [-0.2, 0) is 24.3 Å². The third-order valence-corrected chi connectivity index (χ3v) is 4.88. The van der Waals surface area contributed by atoms with E-state index in [1.165, 1.54) is 15.5 Å². The van der Waals surface area contributed by atoms with Gasteiger partial charge in [-0.05, 0) is 29.7 Å². The number of fused-ring (bicyclic) bond motifs is 2. The molecule has 4 rings (SSSR count). The van der Waals surface area contributed by atoms with Crippen LogP contribution in [0.25, 0.3) is 5.65 Å². The number of pyridine rings is 1. The molecule has 0 radical (unpaired) electrons. The fourth-order valence-electron chi connectivity index (χ4n) is 3.56. The van der Waals surface area contributed by atoms with Crippen molar-refractivity contribution in [1.29, 1.82) is 0 Å². The summed E-state index contributed by atoms with van der Waals surface area (Å²) in [5, 5.41) is 2.76. The van der Waals surface area contributed by atoms with Crippen molar-refractivity contribution in [2.45, 2.75) is 25.6 Å². The predicted octanol–water partition coefficient (Wildman–Crippen LogP) is 1.37. The van der Waals surface area contributed by atoms with E-state index < -0.39 is 0 Å². The largest absolute Gasteiger partial charge is 0.358 e. The number of nitrogens with one attached hydrogen (secondary N) is 1. The van der Waals surface area contributed by atoms with Crippen molar-refractivity contribution < 1.29 is 4.79 Å². The van der Waals surface area contributed by atoms with E-state index in [1.807, 2.05) is 24.3 Å². The Hall–Kier alpha value is -2.99. The van der Waals surface area contributed by atoms with Crippen LogP contribution in [0.4, 0.5) is 0 Å². The maximum absolute atomic E-state index is 12.4. The third kappa shape index (κ3) is 2.99. The number of carbonyl (C=O) groups is 1. The molecule has 3 heterocycles. The summed E-state index contributed by atoms with van der Waals surface area (Å²) in [5.74, 6) is -0.0167. The van der Waals surface area contributed by atoms with Gasteiger partial charge in [0.25, 0.3) is 5.56 Å². The highest BCUT2D eigenvalue weighted by Crippen LogP contribution is 2.24. The number of amides is 1. The molecule has 26 heavy (non-hydrogen) atoms. The number of benzene rings is 1. The van der Waals surface area contributed by atoms with Gasteiger partial charge in [0.2, 0.25) is 5.91 Å². The molecule has 1 aromatic carbocycles. The van der Waals surface area contributed by atoms with Crippen molar-refractivity contribution in [3.8, 4) is 0 Å². The zero-order chi connectivity index (χ0) is 18.1. The summed E-state index contributed by atoms with van der Waals surface area (Å²) >= 11 is 0. The Kier molecular flexibility index (Phi) is 4.26. The van der Waals surface area contributed by atoms with Crippen molar-refractivity contribution in [3.05, 3.63) is 81.9 Å². The van der Waals surface area contributed by atoms with Gasteiger partial charge in [-0.3, -0.25) is 18.9 Å². The SMILES string of the molecule is CNC(=O)[C@H]1Cc2ccccc2CN1Cc1cc(=O)n2ccccc2n1. The van der Waals surface area contributed by atoms with Gasteiger partial charge < -0.3 is 5.32 Å². The second-order valence-corrected chi connectivity index (χ2v) is 6.52. The number of carbonyl (C=O) groups excluding carboxylic acids is 1. The molecule has 0 saturated heterocycles. The number of hydrogen-bond acceptors (Lipinski definition) is 4. The minimum absolute atomic E-state index is 0.0167. The van der Waals surface area contributed by atoms with Crippen LogP contribution in [0.2, 0.25) is 0 Å². The molecule has 0 aliphatic carbocycles. The van der Waals surface area contributed by atoms with Gasteiger partial charge in [-0.1, -0.05) is 30.3 Å². The highest BCUT2D eigenvalue weighted by Gasteiger charge is 2.31. The van der Waals surface area contributed by atoms with Crippen molar-refractivity contribution in [3.63, 3.8) is 0 Å². The fourth-order valence-corrected chi connectivity index (χ4v) is 3.56. The van der Waals surface area contributed by atoms with Crippen LogP contribution in [0.5, 0.6) is 0 Å². The van der Waals surface area contributed by atoms with E-state index in [-0.39, 0.29) is 17.5 Å². The number of likely N-dealkylation sites (N-methyl/N-ethyl adjacent to an activating group) is 1. The lowest BCUT2D eigenvalue weighted by atomic mass is 9.93. The van der Waals surface area contributed by atoms with Crippen LogP contribution in [0.1, 0.15) is 16.8 Å². The molecule has 6 heteroatoms. The van der Waals surface area contributed by atoms with Crippen LogP contribution in [0.15, 0.2) is 59.5 Å². The van der Waals surface area contributed by atoms with Crippen LogP contribution < -0.4 is 10.9 Å². The molecule has 0 spiro atoms. The second-order valence-electron chi connectivity index (χ2n) is 6.52. The maximum atomic E-state index is 12.4. The van der Waals surface area contributed by atoms with Crippen molar-refractivity contribution >= 4 is 11.6 Å². The van der Waals surface area contributed by atoms with E-state index in [9.17, 15) is 9.59 Å². The number of hydrogen-bond donors (Lipinski definition) is 1. The Labute approximate surface area is 151 Å². The van der Waals surface area contributed by atoms with E-state index in [4.69, 9.17) is 0 Å². The average Bonchev–Trinajstić information content (AvgIpc) is 2.67. The molecule has 3 aromatic rings. The van der Waals surface area contributed by atoms with Gasteiger partial charge >= 0.3 is 0 Å². The Balaban J connectivity index is 1.69. The Morgan fingerprint density at radius 3 is 2.77 bits per heavy atom. The van der Waals surface area contributed by atoms with Crippen LogP contribution >= 0.6 is 0 Å². The highest BCUT2D eigenvalue weighted by molar-refractivity contribution is 5.82. The van der Waals surface area contributed by atoms with Gasteiger partial charge in [0.15, 0.2) is 0 Å². The summed E-state index contributed by atoms with van der Waals surface area (Å²) in [6.45, 7) is 1.11. The lowest BCUT2D eigenvalue weighted by Gasteiger charge is -2.35. The predicted molar refractivity (Wildman–Crippen MR) is 98.7 cm³/mol. The third-order valence-electron chi connectivity index (χ3n) is 4.88. The van der Waals surface area contributed by atoms with E-state index in [0.29, 0.717) is 30.9 Å². The Morgan fingerprint density at radius 1 is 1.19 bits per heavy atom. The van der Waals surface area contributed by atoms with Crippen LogP contribution in [-0.4, -0.2) is 33.3 Å². The first-order chi connectivity index (χ1) is 12.7. The molecule has 132 valence electrons. The smallest absolute Gasteiger partial charge is 0.258 e. The zero-order valence-corrected chi connectivity index (χ0v) is 14.6. The molecule has 1 amide bonds. The van der Waals surface area contributed by atoms with Gasteiger partial charge in [0.05, 0.1) is 11.7 Å². The molecule has 6 nitrogen and oxygen atoms in total. The summed E-state index contributed by atoms with van der Waals surface area (Å²) in [6.07, 6.45) is 2.36.